The molecule has 21 heavy (non-hydrogen) atoms. The van der Waals surface area contributed by atoms with Crippen molar-refractivity contribution >= 4 is 40.7 Å². The lowest BCUT2D eigenvalue weighted by Gasteiger charge is -2.14. The summed E-state index contributed by atoms with van der Waals surface area (Å²) in [7, 11) is 4.26. The Kier molecular flexibility index (Phi) is 8.11. The van der Waals surface area contributed by atoms with Gasteiger partial charge in [0.15, 0.2) is 5.11 Å². The molecule has 1 rings (SSSR count). The van der Waals surface area contributed by atoms with Crippen molar-refractivity contribution in [2.75, 3.05) is 38.3 Å². The molecule has 1 aromatic rings. The van der Waals surface area contributed by atoms with E-state index in [4.69, 9.17) is 18.0 Å². The lowest BCUT2D eigenvalue weighted by molar-refractivity contribution is -0.858. The molecule has 0 unspecified atom stereocenters. The second-order valence-corrected chi connectivity index (χ2v) is 6.37. The fraction of sp³-hybridized carbons (Fsp3) is 0.429. The number of thiocarbonyl (C=S) groups is 1. The van der Waals surface area contributed by atoms with Crippen molar-refractivity contribution in [3.8, 4) is 0 Å². The first-order chi connectivity index (χ1) is 9.99. The molecule has 0 heterocycles. The summed E-state index contributed by atoms with van der Waals surface area (Å²) in [5.74, 6) is -0.0773. The van der Waals surface area contributed by atoms with Gasteiger partial charge >= 0.3 is 0 Å². The number of hydrogen-bond acceptors (Lipinski definition) is 3. The number of quaternary nitrogens is 1. The summed E-state index contributed by atoms with van der Waals surface area (Å²) < 4.78 is 0. The topological polar surface area (TPSA) is 71.6 Å². The number of primary amides is 1. The standard InChI is InChI=1S/C14H22N4OS2/c1-18(2)9-5-8-16-14(20)17-11-6-3-4-7-12(11)21-10-13(15)19/h3-4,6-7H,5,8-10H2,1-2H3,(H2,15,19)(H2,16,17,20)/p+1. The minimum Gasteiger partial charge on any atom is -0.369 e. The van der Waals surface area contributed by atoms with Gasteiger partial charge in [0.05, 0.1) is 32.1 Å². The van der Waals surface area contributed by atoms with Gasteiger partial charge < -0.3 is 21.3 Å². The van der Waals surface area contributed by atoms with Gasteiger partial charge in [-0.05, 0) is 24.4 Å². The third-order valence-corrected chi connectivity index (χ3v) is 3.99. The number of nitrogens with two attached hydrogens (primary N) is 1. The molecule has 0 aliphatic carbocycles. The molecular formula is C14H23N4OS2+. The van der Waals surface area contributed by atoms with E-state index >= 15 is 0 Å². The van der Waals surface area contributed by atoms with E-state index < -0.39 is 0 Å². The molecule has 0 radical (unpaired) electrons. The Morgan fingerprint density at radius 2 is 2.10 bits per heavy atom. The van der Waals surface area contributed by atoms with Crippen molar-refractivity contribution in [1.82, 2.24) is 5.32 Å². The molecule has 0 bridgehead atoms. The molecule has 0 aliphatic rings. The summed E-state index contributed by atoms with van der Waals surface area (Å²) in [6, 6.07) is 7.72. The highest BCUT2D eigenvalue weighted by Gasteiger charge is 2.06. The fourth-order valence-corrected chi connectivity index (χ4v) is 2.61. The Hall–Kier alpha value is -1.31. The number of para-hydroxylation sites is 1. The van der Waals surface area contributed by atoms with Crippen LogP contribution in [0.2, 0.25) is 0 Å². The number of nitrogens with one attached hydrogen (secondary N) is 3. The van der Waals surface area contributed by atoms with E-state index in [9.17, 15) is 4.79 Å². The van der Waals surface area contributed by atoms with Crippen LogP contribution in [-0.4, -0.2) is 44.0 Å². The molecule has 0 atom stereocenters. The average molecular weight is 327 g/mol. The highest BCUT2D eigenvalue weighted by atomic mass is 32.2. The van der Waals surface area contributed by atoms with E-state index in [1.54, 1.807) is 0 Å². The second-order valence-electron chi connectivity index (χ2n) is 4.94. The number of amides is 1. The summed E-state index contributed by atoms with van der Waals surface area (Å²) in [5, 5.41) is 6.94. The highest BCUT2D eigenvalue weighted by Crippen LogP contribution is 2.26. The first-order valence-corrected chi connectivity index (χ1v) is 8.22. The Morgan fingerprint density at radius 3 is 2.76 bits per heavy atom. The van der Waals surface area contributed by atoms with Gasteiger partial charge in [0.25, 0.3) is 0 Å². The van der Waals surface area contributed by atoms with E-state index in [2.05, 4.69) is 24.7 Å². The maximum absolute atomic E-state index is 10.9. The zero-order valence-electron chi connectivity index (χ0n) is 12.4. The molecule has 0 aromatic heterocycles. The fourth-order valence-electron chi connectivity index (χ4n) is 1.66. The number of anilines is 1. The Morgan fingerprint density at radius 1 is 1.38 bits per heavy atom. The van der Waals surface area contributed by atoms with E-state index in [0.717, 1.165) is 30.1 Å². The van der Waals surface area contributed by atoms with Crippen LogP contribution < -0.4 is 21.3 Å². The quantitative estimate of drug-likeness (QED) is 0.309. The number of carbonyl (C=O) groups is 1. The predicted molar refractivity (Wildman–Crippen MR) is 92.9 cm³/mol. The van der Waals surface area contributed by atoms with Gasteiger partial charge in [-0.3, -0.25) is 4.79 Å². The first-order valence-electron chi connectivity index (χ1n) is 6.83. The predicted octanol–water partition coefficient (Wildman–Crippen LogP) is 0.0850. The third-order valence-electron chi connectivity index (χ3n) is 2.64. The van der Waals surface area contributed by atoms with E-state index in [1.807, 2.05) is 24.3 Å². The zero-order chi connectivity index (χ0) is 15.7. The van der Waals surface area contributed by atoms with Gasteiger partial charge in [0.2, 0.25) is 5.91 Å². The average Bonchev–Trinajstić information content (AvgIpc) is 2.42. The van der Waals surface area contributed by atoms with Crippen LogP contribution in [-0.2, 0) is 4.79 Å². The molecule has 116 valence electrons. The van der Waals surface area contributed by atoms with Crippen LogP contribution in [0.4, 0.5) is 5.69 Å². The van der Waals surface area contributed by atoms with Crippen molar-refractivity contribution in [2.45, 2.75) is 11.3 Å². The van der Waals surface area contributed by atoms with E-state index in [-0.39, 0.29) is 11.7 Å². The van der Waals surface area contributed by atoms with Crippen molar-refractivity contribution in [3.63, 3.8) is 0 Å². The Balaban J connectivity index is 2.46. The molecule has 0 fully saturated rings. The van der Waals surface area contributed by atoms with E-state index in [1.165, 1.54) is 16.7 Å². The van der Waals surface area contributed by atoms with Crippen LogP contribution in [0.3, 0.4) is 0 Å². The lowest BCUT2D eigenvalue weighted by atomic mass is 10.3. The van der Waals surface area contributed by atoms with Gasteiger partial charge in [-0.15, -0.1) is 11.8 Å². The van der Waals surface area contributed by atoms with Gasteiger partial charge in [-0.25, -0.2) is 0 Å². The van der Waals surface area contributed by atoms with Gasteiger partial charge in [0.1, 0.15) is 0 Å². The highest BCUT2D eigenvalue weighted by molar-refractivity contribution is 8.00. The van der Waals surface area contributed by atoms with Gasteiger partial charge in [-0.2, -0.15) is 0 Å². The Labute approximate surface area is 135 Å². The maximum Gasteiger partial charge on any atom is 0.227 e. The summed E-state index contributed by atoms with van der Waals surface area (Å²) in [6.07, 6.45) is 1.06. The van der Waals surface area contributed by atoms with Crippen molar-refractivity contribution in [1.29, 1.82) is 0 Å². The summed E-state index contributed by atoms with van der Waals surface area (Å²) >= 11 is 6.68. The number of thioether (sulfide) groups is 1. The molecule has 0 spiro atoms. The molecule has 1 amide bonds. The normalized spacial score (nSPS) is 10.4. The molecule has 0 aliphatic heterocycles. The molecule has 5 nitrogen and oxygen atoms in total. The Bertz CT molecular complexity index is 480. The van der Waals surface area contributed by atoms with Crippen LogP contribution in [0, 0.1) is 0 Å². The van der Waals surface area contributed by atoms with Crippen molar-refractivity contribution < 1.29 is 9.69 Å². The molecule has 0 saturated heterocycles. The van der Waals surface area contributed by atoms with Crippen molar-refractivity contribution in [2.24, 2.45) is 5.73 Å². The van der Waals surface area contributed by atoms with Crippen LogP contribution in [0.1, 0.15) is 6.42 Å². The first kappa shape index (κ1) is 17.7. The SMILES string of the molecule is C[NH+](C)CCCNC(=S)Nc1ccccc1SCC(N)=O. The monoisotopic (exact) mass is 327 g/mol. The smallest absolute Gasteiger partial charge is 0.227 e. The van der Waals surface area contributed by atoms with Crippen LogP contribution >= 0.6 is 24.0 Å². The number of benzene rings is 1. The molecule has 1 aromatic carbocycles. The number of hydrogen-bond donors (Lipinski definition) is 4. The number of carbonyl (C=O) groups excluding carboxylic acids is 1. The van der Waals surface area contributed by atoms with Crippen LogP contribution in [0.25, 0.3) is 0 Å². The van der Waals surface area contributed by atoms with Gasteiger partial charge in [0, 0.05) is 17.9 Å². The van der Waals surface area contributed by atoms with Crippen LogP contribution in [0.15, 0.2) is 29.2 Å². The zero-order valence-corrected chi connectivity index (χ0v) is 14.1. The third kappa shape index (κ3) is 7.89. The number of rotatable bonds is 8. The minimum absolute atomic E-state index is 0.254. The summed E-state index contributed by atoms with van der Waals surface area (Å²) in [6.45, 7) is 1.94. The second kappa shape index (κ2) is 9.59. The molecular weight excluding hydrogens is 304 g/mol. The molecule has 7 heteroatoms. The minimum atomic E-state index is -0.332. The maximum atomic E-state index is 10.9. The molecule has 0 saturated carbocycles. The van der Waals surface area contributed by atoms with Crippen LogP contribution in [0.5, 0.6) is 0 Å². The summed E-state index contributed by atoms with van der Waals surface area (Å²) in [5.41, 5.74) is 6.07. The molecule has 5 N–H and O–H groups in total. The van der Waals surface area contributed by atoms with Crippen molar-refractivity contribution in [3.05, 3.63) is 24.3 Å². The van der Waals surface area contributed by atoms with E-state index in [0.29, 0.717) is 5.11 Å². The largest absolute Gasteiger partial charge is 0.369 e. The summed E-state index contributed by atoms with van der Waals surface area (Å²) in [4.78, 5) is 13.3. The van der Waals surface area contributed by atoms with Gasteiger partial charge in [-0.1, -0.05) is 12.1 Å². The lowest BCUT2D eigenvalue weighted by Crippen LogP contribution is -3.05.